The smallest absolute Gasteiger partial charge is 0.399 e. The zero-order valence-corrected chi connectivity index (χ0v) is 26.0. The van der Waals surface area contributed by atoms with Crippen molar-refractivity contribution in [1.82, 2.24) is 0 Å². The molecule has 0 radical (unpaired) electrons. The third-order valence-corrected chi connectivity index (χ3v) is 11.8. The highest BCUT2D eigenvalue weighted by Gasteiger charge is 2.52. The van der Waals surface area contributed by atoms with Crippen LogP contribution in [-0.4, -0.2) is 18.3 Å². The molecular weight excluding hydrogens is 523 g/mol. The predicted molar refractivity (Wildman–Crippen MR) is 169 cm³/mol. The first-order chi connectivity index (χ1) is 18.2. The van der Waals surface area contributed by atoms with E-state index in [-0.39, 0.29) is 18.3 Å². The van der Waals surface area contributed by atoms with Crippen molar-refractivity contribution in [2.24, 2.45) is 0 Å². The van der Waals surface area contributed by atoms with Crippen LogP contribution in [0.25, 0.3) is 29.9 Å². The fourth-order valence-corrected chi connectivity index (χ4v) is 8.56. The van der Waals surface area contributed by atoms with Gasteiger partial charge in [0.05, 0.1) is 11.2 Å². The molecule has 1 saturated heterocycles. The van der Waals surface area contributed by atoms with E-state index in [0.717, 1.165) is 17.6 Å². The third kappa shape index (κ3) is 5.48. The van der Waals surface area contributed by atoms with Crippen molar-refractivity contribution in [3.05, 3.63) is 65.7 Å². The topological polar surface area (TPSA) is 18.5 Å². The van der Waals surface area contributed by atoms with Gasteiger partial charge in [-0.25, -0.2) is 0 Å². The Morgan fingerprint density at radius 3 is 1.74 bits per heavy atom. The molecule has 2 nitrogen and oxygen atoms in total. The normalized spacial score (nSPS) is 16.4. The molecule has 0 atom stereocenters. The van der Waals surface area contributed by atoms with Crippen LogP contribution in [0.4, 0.5) is 0 Å². The van der Waals surface area contributed by atoms with Gasteiger partial charge in [-0.05, 0) is 88.3 Å². The average Bonchev–Trinajstić information content (AvgIpc) is 3.67. The van der Waals surface area contributed by atoms with E-state index in [2.05, 4.69) is 96.1 Å². The molecule has 1 aliphatic rings. The van der Waals surface area contributed by atoms with E-state index in [9.17, 15) is 0 Å². The molecule has 4 heterocycles. The van der Waals surface area contributed by atoms with Gasteiger partial charge < -0.3 is 9.31 Å². The number of benzene rings is 1. The summed E-state index contributed by atoms with van der Waals surface area (Å²) in [5, 5.41) is 0. The number of hydrogen-bond acceptors (Lipinski definition) is 5. The highest BCUT2D eigenvalue weighted by atomic mass is 32.1. The van der Waals surface area contributed by atoms with E-state index in [0.29, 0.717) is 0 Å². The summed E-state index contributed by atoms with van der Waals surface area (Å²) in [5.74, 6) is 0. The van der Waals surface area contributed by atoms with Crippen LogP contribution in [0.15, 0.2) is 54.6 Å². The van der Waals surface area contributed by atoms with Gasteiger partial charge >= 0.3 is 7.12 Å². The van der Waals surface area contributed by atoms with Gasteiger partial charge in [-0.1, -0.05) is 63.1 Å². The van der Waals surface area contributed by atoms with Crippen molar-refractivity contribution in [2.45, 2.75) is 91.3 Å². The quantitative estimate of drug-likeness (QED) is 0.179. The highest BCUT2D eigenvalue weighted by molar-refractivity contribution is 7.30. The number of rotatable bonds is 10. The Hall–Kier alpha value is -1.70. The maximum absolute atomic E-state index is 6.38. The van der Waals surface area contributed by atoms with Gasteiger partial charge in [0.2, 0.25) is 0 Å². The molecular formula is C32H39BO2S3. The summed E-state index contributed by atoms with van der Waals surface area (Å²) in [6.45, 7) is 13.1. The van der Waals surface area contributed by atoms with Gasteiger partial charge in [0, 0.05) is 29.2 Å². The molecule has 0 amide bonds. The first-order valence-corrected chi connectivity index (χ1v) is 16.4. The van der Waals surface area contributed by atoms with Gasteiger partial charge in [0.25, 0.3) is 0 Å². The van der Waals surface area contributed by atoms with Crippen LogP contribution in [0.5, 0.6) is 0 Å². The lowest BCUT2D eigenvalue weighted by atomic mass is 9.88. The van der Waals surface area contributed by atoms with Crippen LogP contribution in [0.2, 0.25) is 0 Å². The molecule has 5 rings (SSSR count). The molecule has 200 valence electrons. The molecule has 0 bridgehead atoms. The zero-order valence-electron chi connectivity index (χ0n) is 23.6. The number of unbranched alkanes of at least 4 members (excludes halogenated alkanes) is 2. The Kier molecular flexibility index (Phi) is 8.37. The van der Waals surface area contributed by atoms with Crippen molar-refractivity contribution in [1.29, 1.82) is 0 Å². The number of hydrogen-bond donors (Lipinski definition) is 0. The summed E-state index contributed by atoms with van der Waals surface area (Å²) >= 11 is 5.76. The molecule has 1 aromatic carbocycles. The summed E-state index contributed by atoms with van der Waals surface area (Å²) in [4.78, 5) is 6.99. The van der Waals surface area contributed by atoms with Crippen LogP contribution in [0, 0.1) is 0 Å². The molecule has 0 unspecified atom stereocenters. The van der Waals surface area contributed by atoms with Gasteiger partial charge in [0.1, 0.15) is 0 Å². The molecule has 0 spiro atoms. The lowest BCUT2D eigenvalue weighted by molar-refractivity contribution is 0.00578. The van der Waals surface area contributed by atoms with Gasteiger partial charge in [-0.2, -0.15) is 0 Å². The molecule has 0 N–H and O–H groups in total. The lowest BCUT2D eigenvalue weighted by Gasteiger charge is -2.32. The van der Waals surface area contributed by atoms with Crippen LogP contribution in [-0.2, 0) is 22.2 Å². The lowest BCUT2D eigenvalue weighted by Crippen LogP contribution is -2.41. The van der Waals surface area contributed by atoms with Crippen LogP contribution in [0.1, 0.15) is 78.4 Å². The van der Waals surface area contributed by atoms with E-state index >= 15 is 0 Å². The van der Waals surface area contributed by atoms with Crippen molar-refractivity contribution in [2.75, 3.05) is 0 Å². The Bertz CT molecular complexity index is 1350. The second-order valence-corrected chi connectivity index (χ2v) is 14.5. The first kappa shape index (κ1) is 27.9. The minimum atomic E-state index is -0.326. The molecule has 6 heteroatoms. The molecule has 4 aromatic rings. The minimum Gasteiger partial charge on any atom is -0.399 e. The van der Waals surface area contributed by atoms with Crippen molar-refractivity contribution < 1.29 is 9.31 Å². The Morgan fingerprint density at radius 2 is 1.16 bits per heavy atom. The van der Waals surface area contributed by atoms with Crippen molar-refractivity contribution >= 4 is 45.9 Å². The Labute approximate surface area is 241 Å². The van der Waals surface area contributed by atoms with Gasteiger partial charge in [-0.3, -0.25) is 0 Å². The first-order valence-electron chi connectivity index (χ1n) is 14.0. The van der Waals surface area contributed by atoms with E-state index in [4.69, 9.17) is 9.31 Å². The second kappa shape index (κ2) is 11.4. The standard InChI is InChI=1S/C32H39BO2S3/c1-7-9-16-23-24(17-10-8-2)30(27-20-21-28(37-27)33-34-31(3,4)32(5,6)35-33)38-29(23)26-19-18-25(36-26)22-14-12-11-13-15-22/h11-15,18-21H,7-10,16-17H2,1-6H3. The molecule has 1 aliphatic heterocycles. The summed E-state index contributed by atoms with van der Waals surface area (Å²) in [7, 11) is -0.303. The molecule has 38 heavy (non-hydrogen) atoms. The molecule has 0 aliphatic carbocycles. The maximum atomic E-state index is 6.38. The van der Waals surface area contributed by atoms with Crippen molar-refractivity contribution in [3.63, 3.8) is 0 Å². The summed E-state index contributed by atoms with van der Waals surface area (Å²) in [6, 6.07) is 19.9. The monoisotopic (exact) mass is 562 g/mol. The minimum absolute atomic E-state index is 0.303. The largest absolute Gasteiger partial charge is 0.505 e. The maximum Gasteiger partial charge on any atom is 0.505 e. The predicted octanol–water partition coefficient (Wildman–Crippen LogP) is 9.86. The Balaban J connectivity index is 1.55. The van der Waals surface area contributed by atoms with E-state index < -0.39 is 0 Å². The molecule has 1 fully saturated rings. The average molecular weight is 563 g/mol. The van der Waals surface area contributed by atoms with E-state index in [1.165, 1.54) is 55.6 Å². The Morgan fingerprint density at radius 1 is 0.632 bits per heavy atom. The van der Waals surface area contributed by atoms with E-state index in [1.807, 2.05) is 34.0 Å². The summed E-state index contributed by atoms with van der Waals surface area (Å²) in [5.41, 5.74) is 3.79. The highest BCUT2D eigenvalue weighted by Crippen LogP contribution is 2.48. The van der Waals surface area contributed by atoms with Crippen molar-refractivity contribution in [3.8, 4) is 29.9 Å². The zero-order chi connectivity index (χ0) is 26.9. The van der Waals surface area contributed by atoms with Crippen LogP contribution in [0.3, 0.4) is 0 Å². The van der Waals surface area contributed by atoms with E-state index in [1.54, 1.807) is 11.1 Å². The van der Waals surface area contributed by atoms with Crippen LogP contribution < -0.4 is 4.78 Å². The SMILES string of the molecule is CCCCc1c(-c2ccc(B3OC(C)(C)C(C)(C)O3)s2)sc(-c2ccc(-c3ccccc3)s2)c1CCCC. The fourth-order valence-electron chi connectivity index (χ4n) is 4.91. The molecule has 3 aromatic heterocycles. The number of thiophene rings is 3. The summed E-state index contributed by atoms with van der Waals surface area (Å²) < 4.78 is 13.9. The second-order valence-electron chi connectivity index (χ2n) is 11.2. The van der Waals surface area contributed by atoms with Gasteiger partial charge in [-0.15, -0.1) is 34.0 Å². The van der Waals surface area contributed by atoms with Gasteiger partial charge in [0.15, 0.2) is 0 Å². The molecule has 0 saturated carbocycles. The third-order valence-electron chi connectivity index (χ3n) is 7.90. The fraction of sp³-hybridized carbons (Fsp3) is 0.438. The van der Waals surface area contributed by atoms with Crippen LogP contribution >= 0.6 is 34.0 Å². The summed E-state index contributed by atoms with van der Waals surface area (Å²) in [6.07, 6.45) is 7.15.